The van der Waals surface area contributed by atoms with Gasteiger partial charge in [-0.2, -0.15) is 0 Å². The molecule has 0 aliphatic carbocycles. The number of carbonyl (C=O) groups excluding carboxylic acids is 1. The summed E-state index contributed by atoms with van der Waals surface area (Å²) in [5.41, 5.74) is 1.03. The average molecular weight is 420 g/mol. The molecule has 0 aromatic carbocycles. The Morgan fingerprint density at radius 1 is 1.31 bits per heavy atom. The van der Waals surface area contributed by atoms with Crippen LogP contribution in [-0.4, -0.2) is 50.1 Å². The van der Waals surface area contributed by atoms with E-state index in [2.05, 4.69) is 68.7 Å². The molecule has 29 heavy (non-hydrogen) atoms. The van der Waals surface area contributed by atoms with Crippen LogP contribution in [0.4, 0.5) is 0 Å². The number of carbonyl (C=O) groups is 1. The van der Waals surface area contributed by atoms with E-state index < -0.39 is 8.32 Å². The Balaban J connectivity index is 2.90. The van der Waals surface area contributed by atoms with Gasteiger partial charge >= 0.3 is 0 Å². The van der Waals surface area contributed by atoms with Gasteiger partial charge in [-0.05, 0) is 31.1 Å². The zero-order chi connectivity index (χ0) is 22.2. The van der Waals surface area contributed by atoms with Gasteiger partial charge in [0.2, 0.25) is 5.82 Å². The van der Waals surface area contributed by atoms with Crippen molar-refractivity contribution in [2.24, 2.45) is 5.92 Å². The van der Waals surface area contributed by atoms with Crippen molar-refractivity contribution in [1.29, 1.82) is 0 Å². The minimum Gasteiger partial charge on any atom is -0.410 e. The van der Waals surface area contributed by atoms with Gasteiger partial charge in [-0.15, -0.1) is 6.58 Å². The monoisotopic (exact) mass is 419 g/mol. The van der Waals surface area contributed by atoms with Crippen LogP contribution in [0.5, 0.6) is 0 Å². The first kappa shape index (κ1) is 25.2. The molecular weight excluding hydrogens is 382 g/mol. The summed E-state index contributed by atoms with van der Waals surface area (Å²) in [5.74, 6) is -0.0449. The maximum Gasteiger partial charge on any atom is 0.289 e. The Morgan fingerprint density at radius 3 is 2.38 bits per heavy atom. The summed E-state index contributed by atoms with van der Waals surface area (Å²) in [6.45, 7) is 19.6. The Kier molecular flexibility index (Phi) is 9.39. The number of ether oxygens (including phenoxy) is 1. The first-order valence-electron chi connectivity index (χ1n) is 9.98. The summed E-state index contributed by atoms with van der Waals surface area (Å²) < 4.78 is 12.3. The number of rotatable bonds is 10. The van der Waals surface area contributed by atoms with Gasteiger partial charge < -0.3 is 14.5 Å². The lowest BCUT2D eigenvalue weighted by Crippen LogP contribution is -2.49. The molecule has 7 heteroatoms. The van der Waals surface area contributed by atoms with E-state index in [1.807, 2.05) is 6.92 Å². The highest BCUT2D eigenvalue weighted by Crippen LogP contribution is 2.39. The molecule has 0 spiro atoms. The second kappa shape index (κ2) is 10.8. The fourth-order valence-electron chi connectivity index (χ4n) is 2.67. The lowest BCUT2D eigenvalue weighted by molar-refractivity contribution is 0.00598. The van der Waals surface area contributed by atoms with Crippen molar-refractivity contribution in [3.05, 3.63) is 48.6 Å². The quantitative estimate of drug-likeness (QED) is 0.450. The lowest BCUT2D eigenvalue weighted by Gasteiger charge is -2.42. The maximum absolute atomic E-state index is 12.2. The largest absolute Gasteiger partial charge is 0.410 e. The minimum atomic E-state index is -2.00. The fraction of sp³-hybridized carbons (Fsp3) is 0.591. The predicted octanol–water partition coefficient (Wildman–Crippen LogP) is 4.38. The first-order chi connectivity index (χ1) is 13.4. The molecule has 0 aliphatic rings. The van der Waals surface area contributed by atoms with Gasteiger partial charge in [0.15, 0.2) is 8.32 Å². The summed E-state index contributed by atoms with van der Waals surface area (Å²) in [6, 6.07) is 1.68. The summed E-state index contributed by atoms with van der Waals surface area (Å²) in [5, 5.41) is 2.95. The molecule has 0 radical (unpaired) electrons. The molecule has 0 bridgehead atoms. The van der Waals surface area contributed by atoms with E-state index >= 15 is 0 Å². The highest BCUT2D eigenvalue weighted by molar-refractivity contribution is 6.74. The standard InChI is InChI=1S/C22H37N3O3Si/c1-10-18(27-7)19(28-29(8,9)22(4,5)6)17(3)14-16(2)15-25-21(26)20-23-12-11-13-24-20/h10-14,17-19H,1,15H2,2-9H3,(H,25,26)/t17-,18+,19+/m1/s1. The summed E-state index contributed by atoms with van der Waals surface area (Å²) in [4.78, 5) is 20.1. The molecule has 1 amide bonds. The van der Waals surface area contributed by atoms with Crippen LogP contribution < -0.4 is 5.32 Å². The Morgan fingerprint density at radius 2 is 1.90 bits per heavy atom. The zero-order valence-corrected chi connectivity index (χ0v) is 20.2. The summed E-state index contributed by atoms with van der Waals surface area (Å²) in [7, 11) is -0.323. The van der Waals surface area contributed by atoms with Crippen molar-refractivity contribution < 1.29 is 14.0 Å². The molecular formula is C22H37N3O3Si. The smallest absolute Gasteiger partial charge is 0.289 e. The molecule has 1 N–H and O–H groups in total. The van der Waals surface area contributed by atoms with E-state index in [9.17, 15) is 4.79 Å². The van der Waals surface area contributed by atoms with Crippen LogP contribution in [-0.2, 0) is 9.16 Å². The molecule has 0 unspecified atom stereocenters. The second-order valence-electron chi connectivity index (χ2n) is 8.91. The van der Waals surface area contributed by atoms with E-state index in [0.717, 1.165) is 5.57 Å². The van der Waals surface area contributed by atoms with Crippen molar-refractivity contribution >= 4 is 14.2 Å². The molecule has 1 rings (SSSR count). The van der Waals surface area contributed by atoms with Crippen molar-refractivity contribution in [3.63, 3.8) is 0 Å². The van der Waals surface area contributed by atoms with Crippen LogP contribution in [0.1, 0.15) is 45.2 Å². The van der Waals surface area contributed by atoms with Gasteiger partial charge in [0.25, 0.3) is 5.91 Å². The van der Waals surface area contributed by atoms with Crippen molar-refractivity contribution in [2.45, 2.75) is 65.0 Å². The van der Waals surface area contributed by atoms with Gasteiger partial charge in [-0.1, -0.05) is 45.4 Å². The third kappa shape index (κ3) is 7.49. The third-order valence-electron chi connectivity index (χ3n) is 5.43. The Bertz CT molecular complexity index is 699. The molecule has 0 saturated carbocycles. The van der Waals surface area contributed by atoms with Crippen molar-refractivity contribution in [1.82, 2.24) is 15.3 Å². The van der Waals surface area contributed by atoms with E-state index in [1.165, 1.54) is 0 Å². The van der Waals surface area contributed by atoms with E-state index in [4.69, 9.17) is 9.16 Å². The number of amides is 1. The Labute approximate surface area is 177 Å². The van der Waals surface area contributed by atoms with Crippen molar-refractivity contribution in [3.8, 4) is 0 Å². The number of nitrogens with one attached hydrogen (secondary N) is 1. The molecule has 6 nitrogen and oxygen atoms in total. The van der Waals surface area contributed by atoms with E-state index in [0.29, 0.717) is 6.54 Å². The molecule has 0 fully saturated rings. The normalized spacial score (nSPS) is 16.1. The van der Waals surface area contributed by atoms with Crippen molar-refractivity contribution in [2.75, 3.05) is 13.7 Å². The number of hydrogen-bond donors (Lipinski definition) is 1. The minimum absolute atomic E-state index is 0.0805. The number of nitrogens with zero attached hydrogens (tertiary/aromatic N) is 2. The van der Waals surface area contributed by atoms with E-state index in [1.54, 1.807) is 31.6 Å². The topological polar surface area (TPSA) is 73.3 Å². The van der Waals surface area contributed by atoms with Gasteiger partial charge in [-0.25, -0.2) is 9.97 Å². The van der Waals surface area contributed by atoms with Crippen LogP contribution in [0.2, 0.25) is 18.1 Å². The highest BCUT2D eigenvalue weighted by atomic mass is 28.4. The van der Waals surface area contributed by atoms with Gasteiger partial charge in [-0.3, -0.25) is 4.79 Å². The molecule has 162 valence electrons. The number of aromatic nitrogens is 2. The van der Waals surface area contributed by atoms with Crippen LogP contribution >= 0.6 is 0 Å². The predicted molar refractivity (Wildman–Crippen MR) is 120 cm³/mol. The van der Waals surface area contributed by atoms with Gasteiger partial charge in [0.1, 0.15) is 6.10 Å². The summed E-state index contributed by atoms with van der Waals surface area (Å²) in [6.07, 6.45) is 6.66. The second-order valence-corrected chi connectivity index (χ2v) is 13.7. The van der Waals surface area contributed by atoms with Crippen LogP contribution in [0, 0.1) is 5.92 Å². The molecule has 0 aliphatic heterocycles. The average Bonchev–Trinajstić information content (AvgIpc) is 2.65. The van der Waals surface area contributed by atoms with Gasteiger partial charge in [0, 0.05) is 32.0 Å². The Hall–Kier alpha value is -1.83. The van der Waals surface area contributed by atoms with Crippen LogP contribution in [0.15, 0.2) is 42.8 Å². The number of hydrogen-bond acceptors (Lipinski definition) is 5. The fourth-order valence-corrected chi connectivity index (χ4v) is 4.06. The molecule has 3 atom stereocenters. The zero-order valence-electron chi connectivity index (χ0n) is 19.2. The van der Waals surface area contributed by atoms with Crippen LogP contribution in [0.25, 0.3) is 0 Å². The lowest BCUT2D eigenvalue weighted by atomic mass is 9.97. The molecule has 1 aromatic heterocycles. The maximum atomic E-state index is 12.2. The first-order valence-corrected chi connectivity index (χ1v) is 12.9. The number of methoxy groups -OCH3 is 1. The molecule has 1 aromatic rings. The van der Waals surface area contributed by atoms with E-state index in [-0.39, 0.29) is 34.9 Å². The third-order valence-corrected chi connectivity index (χ3v) is 9.90. The highest BCUT2D eigenvalue weighted by Gasteiger charge is 2.41. The summed E-state index contributed by atoms with van der Waals surface area (Å²) >= 11 is 0. The molecule has 1 heterocycles. The van der Waals surface area contributed by atoms with Crippen LogP contribution in [0.3, 0.4) is 0 Å². The molecule has 0 saturated heterocycles. The van der Waals surface area contributed by atoms with Gasteiger partial charge in [0.05, 0.1) is 6.10 Å². The SMILES string of the molecule is C=C[C@H](OC)[C@@H](O[Si](C)(C)C(C)(C)C)[C@H](C)C=C(C)CNC(=O)c1ncccn1.